The fourth-order valence-corrected chi connectivity index (χ4v) is 14.1. The molecule has 5 aliphatic heterocycles. The van der Waals surface area contributed by atoms with Gasteiger partial charge in [-0.05, 0) is 98.7 Å². The highest BCUT2D eigenvalue weighted by atomic mass is 16.8. The van der Waals surface area contributed by atoms with Crippen molar-refractivity contribution in [2.24, 2.45) is 46.3 Å². The standard InChI is InChI=1S/C45H72O17/c1-19-8-13-45(55-18-19)20(2)30-27(62-45)15-26-24-7-6-22-14-23(9-11-43(22,4)25(24)10-12-44(26,30)5)57-42-37(54)39(32(49)29(17-47)59-42)61-40-36(53)34(51)38(21(3)56-40)60-41-35(52)33(50)31(48)28(16-46)58-41/h6,19-21,23-42,46-54H,7-18H2,1-5H3/t19-,20-,21+,23+,24+,25-,26-,27-,28+,29+,30-,31+,32+,33-,34+,35+,36+,37+,38+,39-,40-,41-,42+,43+,44-,45+/m1/s1. The van der Waals surface area contributed by atoms with Gasteiger partial charge in [0.25, 0.3) is 0 Å². The van der Waals surface area contributed by atoms with E-state index in [2.05, 4.69) is 33.8 Å². The number of fused-ring (bicyclic) bond motifs is 7. The minimum absolute atomic E-state index is 0.00992. The fourth-order valence-electron chi connectivity index (χ4n) is 14.1. The van der Waals surface area contributed by atoms with Crippen LogP contribution in [0.25, 0.3) is 0 Å². The normalized spacial score (nSPS) is 57.6. The number of ether oxygens (including phenoxy) is 8. The Balaban J connectivity index is 0.834. The minimum atomic E-state index is -1.81. The van der Waals surface area contributed by atoms with E-state index < -0.39 is 111 Å². The Morgan fingerprint density at radius 3 is 2.03 bits per heavy atom. The maximum atomic E-state index is 11.6. The average Bonchev–Trinajstić information content (AvgIpc) is 3.70. The van der Waals surface area contributed by atoms with E-state index in [0.717, 1.165) is 45.1 Å². The van der Waals surface area contributed by atoms with Crippen LogP contribution < -0.4 is 0 Å². The van der Waals surface area contributed by atoms with Crippen molar-refractivity contribution in [3.8, 4) is 0 Å². The maximum Gasteiger partial charge on any atom is 0.187 e. The van der Waals surface area contributed by atoms with Gasteiger partial charge in [-0.1, -0.05) is 39.3 Å². The molecule has 5 heterocycles. The Hall–Kier alpha value is -0.940. The highest BCUT2D eigenvalue weighted by Gasteiger charge is 2.69. The quantitative estimate of drug-likeness (QED) is 0.148. The Bertz CT molecular complexity index is 1610. The van der Waals surface area contributed by atoms with Gasteiger partial charge < -0.3 is 83.9 Å². The second-order valence-electron chi connectivity index (χ2n) is 21.1. The van der Waals surface area contributed by atoms with Crippen molar-refractivity contribution in [3.63, 3.8) is 0 Å². The molecular formula is C45H72O17. The van der Waals surface area contributed by atoms with Gasteiger partial charge in [0, 0.05) is 12.3 Å². The zero-order valence-electron chi connectivity index (χ0n) is 36.6. The first kappa shape index (κ1) is 46.2. The molecule has 9 rings (SSSR count). The third kappa shape index (κ3) is 7.49. The molecule has 17 nitrogen and oxygen atoms in total. The molecular weight excluding hydrogens is 812 g/mol. The van der Waals surface area contributed by atoms with Crippen molar-refractivity contribution < 1.29 is 83.9 Å². The van der Waals surface area contributed by atoms with Crippen molar-refractivity contribution in [2.45, 2.75) is 203 Å². The molecule has 0 unspecified atom stereocenters. The van der Waals surface area contributed by atoms with E-state index in [1.54, 1.807) is 0 Å². The molecule has 26 atom stereocenters. The third-order valence-corrected chi connectivity index (χ3v) is 17.7. The summed E-state index contributed by atoms with van der Waals surface area (Å²) in [6.45, 7) is 10.6. The number of aliphatic hydroxyl groups excluding tert-OH is 9. The first-order valence-electron chi connectivity index (χ1n) is 23.4. The van der Waals surface area contributed by atoms with Gasteiger partial charge in [0.15, 0.2) is 24.7 Å². The van der Waals surface area contributed by atoms with Crippen LogP contribution in [0.5, 0.6) is 0 Å². The predicted octanol–water partition coefficient (Wildman–Crippen LogP) is 0.214. The van der Waals surface area contributed by atoms with Crippen molar-refractivity contribution >= 4 is 0 Å². The first-order valence-corrected chi connectivity index (χ1v) is 23.4. The molecule has 17 heteroatoms. The summed E-state index contributed by atoms with van der Waals surface area (Å²) in [5.41, 5.74) is 1.59. The third-order valence-electron chi connectivity index (χ3n) is 17.7. The summed E-state index contributed by atoms with van der Waals surface area (Å²) in [7, 11) is 0. The molecule has 5 saturated heterocycles. The van der Waals surface area contributed by atoms with E-state index in [4.69, 9.17) is 37.9 Å². The van der Waals surface area contributed by atoms with Crippen molar-refractivity contribution in [3.05, 3.63) is 11.6 Å². The predicted molar refractivity (Wildman–Crippen MR) is 214 cm³/mol. The molecule has 4 aliphatic carbocycles. The molecule has 9 N–H and O–H groups in total. The molecule has 3 saturated carbocycles. The fraction of sp³-hybridized carbons (Fsp3) is 0.956. The van der Waals surface area contributed by atoms with Crippen LogP contribution in [-0.2, 0) is 37.9 Å². The number of rotatable bonds is 8. The monoisotopic (exact) mass is 884 g/mol. The van der Waals surface area contributed by atoms with Crippen LogP contribution in [0.15, 0.2) is 11.6 Å². The highest BCUT2D eigenvalue weighted by Crippen LogP contribution is 2.70. The lowest BCUT2D eigenvalue weighted by molar-refractivity contribution is -0.378. The van der Waals surface area contributed by atoms with Crippen LogP contribution in [0.4, 0.5) is 0 Å². The number of aliphatic hydroxyl groups is 9. The molecule has 0 amide bonds. The zero-order chi connectivity index (χ0) is 44.2. The van der Waals surface area contributed by atoms with Gasteiger partial charge in [0.1, 0.15) is 67.1 Å². The lowest BCUT2D eigenvalue weighted by Crippen LogP contribution is -2.66. The van der Waals surface area contributed by atoms with Gasteiger partial charge in [-0.2, -0.15) is 0 Å². The van der Waals surface area contributed by atoms with E-state index in [0.29, 0.717) is 41.9 Å². The van der Waals surface area contributed by atoms with Gasteiger partial charge in [0.2, 0.25) is 0 Å². The molecule has 0 radical (unpaired) electrons. The van der Waals surface area contributed by atoms with Crippen LogP contribution in [0.2, 0.25) is 0 Å². The number of hydrogen-bond acceptors (Lipinski definition) is 17. The second kappa shape index (κ2) is 17.3. The highest BCUT2D eigenvalue weighted by molar-refractivity contribution is 5.26. The maximum absolute atomic E-state index is 11.6. The minimum Gasteiger partial charge on any atom is -0.394 e. The van der Waals surface area contributed by atoms with Crippen molar-refractivity contribution in [1.82, 2.24) is 0 Å². The Kier molecular flexibility index (Phi) is 12.9. The largest absolute Gasteiger partial charge is 0.394 e. The lowest BCUT2D eigenvalue weighted by Gasteiger charge is -2.58. The molecule has 9 aliphatic rings. The molecule has 0 bridgehead atoms. The van der Waals surface area contributed by atoms with E-state index in [1.807, 2.05) is 0 Å². The molecule has 1 spiro atoms. The summed E-state index contributed by atoms with van der Waals surface area (Å²) in [6.07, 6.45) is -11.4. The summed E-state index contributed by atoms with van der Waals surface area (Å²) in [6, 6.07) is 0. The zero-order valence-corrected chi connectivity index (χ0v) is 36.6. The van der Waals surface area contributed by atoms with Gasteiger partial charge >= 0.3 is 0 Å². The SMILES string of the molecule is C[C@@H]1CC[C@]2(OC1)O[C@@H]1C[C@@H]3[C@H]4CC=C5C[C@@H](O[C@H]6O[C@@H](CO)[C@H](O)[C@@H](O[C@H]7O[C@@H](C)[C@H](O[C@H]8O[C@@H](CO)[C@H](O)[C@@H](O)[C@@H]8O)[C@@H](O)[C@@H]7O)[C@@H]6O)CC[C@]5(C)[C@@H]4CC[C@@]3(C)[C@@H]1[C@H]2C. The summed E-state index contributed by atoms with van der Waals surface area (Å²) in [5.74, 6) is 2.72. The van der Waals surface area contributed by atoms with Crippen LogP contribution in [-0.4, -0.2) is 176 Å². The topological polar surface area (TPSA) is 256 Å². The van der Waals surface area contributed by atoms with Gasteiger partial charge in [-0.15, -0.1) is 0 Å². The van der Waals surface area contributed by atoms with Gasteiger partial charge in [0.05, 0.1) is 38.1 Å². The molecule has 8 fully saturated rings. The number of hydrogen-bond donors (Lipinski definition) is 9. The summed E-state index contributed by atoms with van der Waals surface area (Å²) >= 11 is 0. The van der Waals surface area contributed by atoms with Crippen LogP contribution in [0, 0.1) is 46.3 Å². The summed E-state index contributed by atoms with van der Waals surface area (Å²) in [4.78, 5) is 0. The van der Waals surface area contributed by atoms with Crippen LogP contribution >= 0.6 is 0 Å². The van der Waals surface area contributed by atoms with Crippen molar-refractivity contribution in [2.75, 3.05) is 19.8 Å². The van der Waals surface area contributed by atoms with Gasteiger partial charge in [-0.3, -0.25) is 0 Å². The first-order chi connectivity index (χ1) is 29.4. The van der Waals surface area contributed by atoms with Crippen molar-refractivity contribution in [1.29, 1.82) is 0 Å². The Labute approximate surface area is 363 Å². The number of allylic oxidation sites excluding steroid dienone is 1. The molecule has 0 aromatic rings. The lowest BCUT2D eigenvalue weighted by atomic mass is 9.47. The smallest absolute Gasteiger partial charge is 0.187 e. The van der Waals surface area contributed by atoms with E-state index in [-0.39, 0.29) is 23.0 Å². The van der Waals surface area contributed by atoms with E-state index >= 15 is 0 Å². The molecule has 0 aromatic heterocycles. The molecule has 354 valence electrons. The Morgan fingerprint density at radius 1 is 0.677 bits per heavy atom. The van der Waals surface area contributed by atoms with E-state index in [1.165, 1.54) is 25.3 Å². The van der Waals surface area contributed by atoms with Crippen LogP contribution in [0.1, 0.15) is 92.4 Å². The van der Waals surface area contributed by atoms with Crippen LogP contribution in [0.3, 0.4) is 0 Å². The Morgan fingerprint density at radius 2 is 1.34 bits per heavy atom. The summed E-state index contributed by atoms with van der Waals surface area (Å²) in [5, 5.41) is 95.7. The van der Waals surface area contributed by atoms with Gasteiger partial charge in [-0.25, -0.2) is 0 Å². The molecule has 62 heavy (non-hydrogen) atoms. The second-order valence-corrected chi connectivity index (χ2v) is 21.1. The average molecular weight is 885 g/mol. The van der Waals surface area contributed by atoms with E-state index in [9.17, 15) is 46.0 Å². The summed E-state index contributed by atoms with van der Waals surface area (Å²) < 4.78 is 48.9. The molecule has 0 aromatic carbocycles.